The fraction of sp³-hybridized carbons (Fsp3) is 0.571. The molecule has 3 rings (SSSR count). The molecule has 1 aliphatic carbocycles. The Morgan fingerprint density at radius 2 is 1.68 bits per heavy atom. The number of nitrogens with two attached hydrogens (primary N) is 1. The van der Waals surface area contributed by atoms with Crippen LogP contribution in [-0.2, 0) is 0 Å². The van der Waals surface area contributed by atoms with Crippen LogP contribution in [0.4, 0.5) is 13.2 Å². The molecule has 4 atom stereocenters. The number of rotatable bonds is 0. The van der Waals surface area contributed by atoms with Crippen LogP contribution < -0.4 is 5.73 Å². The highest BCUT2D eigenvalue weighted by atomic mass is 32.2. The van der Waals surface area contributed by atoms with Crippen LogP contribution in [0.5, 0.6) is 0 Å². The van der Waals surface area contributed by atoms with E-state index in [0.29, 0.717) is 11.7 Å². The predicted octanol–water partition coefficient (Wildman–Crippen LogP) is 3.65. The first-order valence-electron chi connectivity index (χ1n) is 6.31. The molecule has 4 unspecified atom stereocenters. The van der Waals surface area contributed by atoms with Gasteiger partial charge in [0.1, 0.15) is 18.2 Å². The summed E-state index contributed by atoms with van der Waals surface area (Å²) in [6.45, 7) is 1.93. The van der Waals surface area contributed by atoms with Crippen molar-refractivity contribution in [2.24, 2.45) is 5.73 Å². The highest BCUT2D eigenvalue weighted by molar-refractivity contribution is 8.07. The van der Waals surface area contributed by atoms with E-state index < -0.39 is 12.3 Å². The van der Waals surface area contributed by atoms with Crippen molar-refractivity contribution < 1.29 is 13.2 Å². The Balaban J connectivity index is 0.000000170. The van der Waals surface area contributed by atoms with Crippen LogP contribution in [0.2, 0.25) is 0 Å². The molecule has 1 aromatic rings. The maximum absolute atomic E-state index is 12.6. The van der Waals surface area contributed by atoms with E-state index in [2.05, 4.69) is 5.73 Å². The molecule has 0 amide bonds. The third-order valence-corrected chi connectivity index (χ3v) is 4.49. The molecule has 0 radical (unpaired) electrons. The van der Waals surface area contributed by atoms with Crippen LogP contribution in [0.25, 0.3) is 0 Å². The lowest BCUT2D eigenvalue weighted by Crippen LogP contribution is -2.28. The molecule has 2 aliphatic rings. The molecule has 0 bridgehead atoms. The number of hydrogen-bond acceptors (Lipinski definition) is 2. The highest BCUT2D eigenvalue weighted by Gasteiger charge is 2.51. The van der Waals surface area contributed by atoms with Crippen molar-refractivity contribution in [3.8, 4) is 0 Å². The Hall–Kier alpha value is -0.680. The van der Waals surface area contributed by atoms with Crippen molar-refractivity contribution in [1.82, 2.24) is 0 Å². The van der Waals surface area contributed by atoms with Gasteiger partial charge in [0.15, 0.2) is 0 Å². The average molecular weight is 291 g/mol. The third-order valence-electron chi connectivity index (χ3n) is 3.02. The number of alkyl halides is 2. The molecule has 2 fully saturated rings. The smallest absolute Gasteiger partial charge is 0.144 e. The van der Waals surface area contributed by atoms with Gasteiger partial charge < -0.3 is 5.73 Å². The molecule has 2 N–H and O–H groups in total. The highest BCUT2D eigenvalue weighted by Crippen LogP contribution is 2.52. The van der Waals surface area contributed by atoms with Gasteiger partial charge in [-0.15, -0.1) is 11.8 Å². The van der Waals surface area contributed by atoms with E-state index in [1.54, 1.807) is 23.9 Å². The SMILES string of the molecule is CN.Cc1ccc(F)cc1.FC1CCC2SC2C1F. The van der Waals surface area contributed by atoms with Crippen molar-refractivity contribution in [1.29, 1.82) is 0 Å². The van der Waals surface area contributed by atoms with E-state index >= 15 is 0 Å². The largest absolute Gasteiger partial charge is 0.333 e. The van der Waals surface area contributed by atoms with Gasteiger partial charge in [-0.05, 0) is 38.9 Å². The number of aryl methyl sites for hydroxylation is 1. The Kier molecular flexibility index (Phi) is 6.72. The van der Waals surface area contributed by atoms with Gasteiger partial charge in [0, 0.05) is 5.25 Å². The van der Waals surface area contributed by atoms with E-state index in [4.69, 9.17) is 0 Å². The van der Waals surface area contributed by atoms with Gasteiger partial charge in [-0.2, -0.15) is 0 Å². The monoisotopic (exact) mass is 291 g/mol. The number of halogens is 3. The van der Waals surface area contributed by atoms with E-state index in [-0.39, 0.29) is 11.1 Å². The summed E-state index contributed by atoms with van der Waals surface area (Å²) in [5.41, 5.74) is 5.59. The fourth-order valence-corrected chi connectivity index (χ4v) is 3.08. The van der Waals surface area contributed by atoms with Crippen molar-refractivity contribution in [2.75, 3.05) is 7.05 Å². The third kappa shape index (κ3) is 5.07. The van der Waals surface area contributed by atoms with E-state index in [1.807, 2.05) is 6.92 Å². The first kappa shape index (κ1) is 16.4. The summed E-state index contributed by atoms with van der Waals surface area (Å²) >= 11 is 1.60. The zero-order chi connectivity index (χ0) is 14.4. The molecule has 0 aromatic heterocycles. The maximum Gasteiger partial charge on any atom is 0.144 e. The number of fused-ring (bicyclic) bond motifs is 1. The molecule has 1 aromatic carbocycles. The molecule has 1 heterocycles. The normalized spacial score (nSPS) is 31.1. The van der Waals surface area contributed by atoms with Crippen molar-refractivity contribution >= 4 is 11.8 Å². The van der Waals surface area contributed by atoms with Gasteiger partial charge in [0.05, 0.1) is 5.25 Å². The lowest BCUT2D eigenvalue weighted by molar-refractivity contribution is 0.140. The Morgan fingerprint density at radius 1 is 1.11 bits per heavy atom. The van der Waals surface area contributed by atoms with Crippen molar-refractivity contribution in [3.05, 3.63) is 35.6 Å². The van der Waals surface area contributed by atoms with Gasteiger partial charge in [0.2, 0.25) is 0 Å². The molecular weight excluding hydrogens is 271 g/mol. The zero-order valence-corrected chi connectivity index (χ0v) is 12.0. The summed E-state index contributed by atoms with van der Waals surface area (Å²) in [7, 11) is 1.50. The molecule has 108 valence electrons. The number of benzene rings is 1. The molecule has 5 heteroatoms. The molecule has 0 spiro atoms. The Bertz CT molecular complexity index is 348. The molecular formula is C14H20F3NS. The minimum absolute atomic E-state index is 0.0220. The van der Waals surface area contributed by atoms with Crippen LogP contribution >= 0.6 is 11.8 Å². The molecule has 1 nitrogen and oxygen atoms in total. The van der Waals surface area contributed by atoms with Crippen LogP contribution in [0.1, 0.15) is 18.4 Å². The summed E-state index contributed by atoms with van der Waals surface area (Å²) in [6.07, 6.45) is -0.998. The molecule has 1 aliphatic heterocycles. The molecule has 19 heavy (non-hydrogen) atoms. The lowest BCUT2D eigenvalue weighted by atomic mass is 9.97. The van der Waals surface area contributed by atoms with Gasteiger partial charge in [-0.3, -0.25) is 0 Å². The van der Waals surface area contributed by atoms with Crippen LogP contribution in [0.15, 0.2) is 24.3 Å². The van der Waals surface area contributed by atoms with Gasteiger partial charge in [0.25, 0.3) is 0 Å². The number of hydrogen-bond donors (Lipinski definition) is 1. The van der Waals surface area contributed by atoms with Crippen LogP contribution in [-0.4, -0.2) is 29.9 Å². The van der Waals surface area contributed by atoms with Crippen molar-refractivity contribution in [2.45, 2.75) is 42.6 Å². The minimum Gasteiger partial charge on any atom is -0.333 e. The minimum atomic E-state index is -1.17. The van der Waals surface area contributed by atoms with Gasteiger partial charge in [-0.1, -0.05) is 17.7 Å². The van der Waals surface area contributed by atoms with Gasteiger partial charge >= 0.3 is 0 Å². The summed E-state index contributed by atoms with van der Waals surface area (Å²) in [6, 6.07) is 6.40. The molecule has 1 saturated carbocycles. The summed E-state index contributed by atoms with van der Waals surface area (Å²) < 4.78 is 37.2. The second-order valence-electron chi connectivity index (χ2n) is 4.47. The standard InChI is InChI=1S/C7H7F.C6H8F2S.CH5N/c1-6-2-4-7(8)5-3-6;7-3-1-2-4-6(9-4)5(3)8;1-2/h2-5H,1H3;3-6H,1-2H2;2H2,1H3. The van der Waals surface area contributed by atoms with Crippen LogP contribution in [0.3, 0.4) is 0 Å². The first-order chi connectivity index (χ1) is 9.08. The lowest BCUT2D eigenvalue weighted by Gasteiger charge is -2.16. The fourth-order valence-electron chi connectivity index (χ4n) is 1.89. The summed E-state index contributed by atoms with van der Waals surface area (Å²) in [5.74, 6) is -0.171. The van der Waals surface area contributed by atoms with Gasteiger partial charge in [-0.25, -0.2) is 13.2 Å². The Labute approximate surface area is 116 Å². The zero-order valence-electron chi connectivity index (χ0n) is 11.2. The average Bonchev–Trinajstić information content (AvgIpc) is 3.21. The van der Waals surface area contributed by atoms with E-state index in [0.717, 1.165) is 12.0 Å². The quantitative estimate of drug-likeness (QED) is 0.738. The van der Waals surface area contributed by atoms with E-state index in [1.165, 1.54) is 19.2 Å². The summed E-state index contributed by atoms with van der Waals surface area (Å²) in [4.78, 5) is 0. The van der Waals surface area contributed by atoms with Crippen molar-refractivity contribution in [3.63, 3.8) is 0 Å². The predicted molar refractivity (Wildman–Crippen MR) is 75.4 cm³/mol. The summed E-state index contributed by atoms with van der Waals surface area (Å²) in [5, 5.41) is 0.487. The first-order valence-corrected chi connectivity index (χ1v) is 7.25. The second kappa shape index (κ2) is 7.80. The van der Waals surface area contributed by atoms with Crippen LogP contribution in [0, 0.1) is 12.7 Å². The second-order valence-corrected chi connectivity index (χ2v) is 5.89. The van der Waals surface area contributed by atoms with E-state index in [9.17, 15) is 13.2 Å². The maximum atomic E-state index is 12.6. The molecule has 1 saturated heterocycles. The Morgan fingerprint density at radius 3 is 2.16 bits per heavy atom. The number of thioether (sulfide) groups is 1. The topological polar surface area (TPSA) is 26.0 Å².